The number of carbonyl (C=O) groups excluding carboxylic acids is 1. The highest BCUT2D eigenvalue weighted by Gasteiger charge is 2.23. The van der Waals surface area contributed by atoms with Crippen LogP contribution in [0.4, 0.5) is 4.39 Å². The summed E-state index contributed by atoms with van der Waals surface area (Å²) >= 11 is 3.36. The summed E-state index contributed by atoms with van der Waals surface area (Å²) in [6, 6.07) is 8.97. The van der Waals surface area contributed by atoms with E-state index in [1.165, 1.54) is 6.07 Å². The molecule has 3 rings (SSSR count). The topological polar surface area (TPSA) is 20.3 Å². The molecular weight excluding hydrogens is 317 g/mol. The minimum atomic E-state index is -0.141. The summed E-state index contributed by atoms with van der Waals surface area (Å²) in [5.74, 6) is 0.889. The maximum atomic E-state index is 13.9. The zero-order valence-electron chi connectivity index (χ0n) is 12.2. The second-order valence-corrected chi connectivity index (χ2v) is 7.45. The molecular formula is C17H18FNOS2. The van der Waals surface area contributed by atoms with E-state index in [9.17, 15) is 9.18 Å². The number of benzene rings is 1. The predicted molar refractivity (Wildman–Crippen MR) is 90.8 cm³/mol. The van der Waals surface area contributed by atoms with Crippen LogP contribution >= 0.6 is 23.1 Å². The van der Waals surface area contributed by atoms with Crippen LogP contribution in [0, 0.1) is 5.82 Å². The van der Waals surface area contributed by atoms with Crippen molar-refractivity contribution in [2.45, 2.75) is 18.1 Å². The van der Waals surface area contributed by atoms with Gasteiger partial charge in [0.05, 0.1) is 6.42 Å². The Morgan fingerprint density at radius 2 is 2.14 bits per heavy atom. The largest absolute Gasteiger partial charge is 0.342 e. The summed E-state index contributed by atoms with van der Waals surface area (Å²) in [6.07, 6.45) is 1.28. The first-order chi connectivity index (χ1) is 10.7. The summed E-state index contributed by atoms with van der Waals surface area (Å²) in [7, 11) is 0. The SMILES string of the molecule is O=C(Cc1ccsc1)N1CCS[C@@H](c2ccccc2F)CC1. The number of nitrogens with zero attached hydrogens (tertiary/aromatic N) is 1. The zero-order chi connectivity index (χ0) is 15.4. The van der Waals surface area contributed by atoms with Crippen LogP contribution < -0.4 is 0 Å². The van der Waals surface area contributed by atoms with Gasteiger partial charge in [0.25, 0.3) is 0 Å². The van der Waals surface area contributed by atoms with E-state index < -0.39 is 0 Å². The summed E-state index contributed by atoms with van der Waals surface area (Å²) in [5, 5.41) is 4.15. The molecule has 0 saturated carbocycles. The maximum absolute atomic E-state index is 13.9. The number of hydrogen-bond acceptors (Lipinski definition) is 3. The Hall–Kier alpha value is -1.33. The first kappa shape index (κ1) is 15.6. The fourth-order valence-electron chi connectivity index (χ4n) is 2.68. The van der Waals surface area contributed by atoms with Crippen LogP contribution in [0.3, 0.4) is 0 Å². The first-order valence-corrected chi connectivity index (χ1v) is 9.38. The van der Waals surface area contributed by atoms with Crippen LogP contribution in [0.5, 0.6) is 0 Å². The van der Waals surface area contributed by atoms with Crippen molar-refractivity contribution in [2.75, 3.05) is 18.8 Å². The molecule has 0 unspecified atom stereocenters. The summed E-state index contributed by atoms with van der Waals surface area (Å²) in [4.78, 5) is 14.3. The van der Waals surface area contributed by atoms with Crippen molar-refractivity contribution in [1.82, 2.24) is 4.90 Å². The van der Waals surface area contributed by atoms with Gasteiger partial charge in [0, 0.05) is 29.7 Å². The molecule has 0 N–H and O–H groups in total. The van der Waals surface area contributed by atoms with Gasteiger partial charge in [-0.05, 0) is 34.9 Å². The molecule has 1 atom stereocenters. The molecule has 0 bridgehead atoms. The quantitative estimate of drug-likeness (QED) is 0.840. The fraction of sp³-hybridized carbons (Fsp3) is 0.353. The number of carbonyl (C=O) groups is 1. The maximum Gasteiger partial charge on any atom is 0.227 e. The molecule has 1 aromatic heterocycles. The van der Waals surface area contributed by atoms with E-state index in [2.05, 4.69) is 0 Å². The van der Waals surface area contributed by atoms with Crippen molar-refractivity contribution in [2.24, 2.45) is 0 Å². The Kier molecular flexibility index (Phi) is 5.16. The molecule has 5 heteroatoms. The van der Waals surface area contributed by atoms with E-state index in [1.54, 1.807) is 29.2 Å². The lowest BCUT2D eigenvalue weighted by atomic mass is 10.1. The van der Waals surface area contributed by atoms with E-state index in [1.807, 2.05) is 33.9 Å². The monoisotopic (exact) mass is 335 g/mol. The molecule has 1 saturated heterocycles. The Balaban J connectivity index is 1.62. The van der Waals surface area contributed by atoms with Gasteiger partial charge in [-0.25, -0.2) is 4.39 Å². The molecule has 2 nitrogen and oxygen atoms in total. The lowest BCUT2D eigenvalue weighted by molar-refractivity contribution is -0.130. The predicted octanol–water partition coefficient (Wildman–Crippen LogP) is 4.14. The molecule has 0 spiro atoms. The summed E-state index contributed by atoms with van der Waals surface area (Å²) < 4.78 is 13.9. The highest BCUT2D eigenvalue weighted by atomic mass is 32.2. The van der Waals surface area contributed by atoms with Gasteiger partial charge in [-0.1, -0.05) is 18.2 Å². The van der Waals surface area contributed by atoms with E-state index in [0.29, 0.717) is 13.0 Å². The van der Waals surface area contributed by atoms with Crippen LogP contribution in [-0.2, 0) is 11.2 Å². The van der Waals surface area contributed by atoms with Crippen LogP contribution in [0.15, 0.2) is 41.1 Å². The zero-order valence-corrected chi connectivity index (χ0v) is 13.8. The molecule has 2 aromatic rings. The third kappa shape index (κ3) is 3.70. The van der Waals surface area contributed by atoms with Crippen LogP contribution in [0.25, 0.3) is 0 Å². The molecule has 2 heterocycles. The minimum absolute atomic E-state index is 0.139. The number of rotatable bonds is 3. The molecule has 0 radical (unpaired) electrons. The summed E-state index contributed by atoms with van der Waals surface area (Å²) in [6.45, 7) is 1.45. The lowest BCUT2D eigenvalue weighted by Gasteiger charge is -2.20. The first-order valence-electron chi connectivity index (χ1n) is 7.39. The lowest BCUT2D eigenvalue weighted by Crippen LogP contribution is -2.34. The Morgan fingerprint density at radius 1 is 1.27 bits per heavy atom. The number of thiophene rings is 1. The van der Waals surface area contributed by atoms with Gasteiger partial charge in [0.1, 0.15) is 5.82 Å². The van der Waals surface area contributed by atoms with E-state index in [-0.39, 0.29) is 17.0 Å². The second kappa shape index (κ2) is 7.29. The number of amides is 1. The second-order valence-electron chi connectivity index (χ2n) is 5.36. The average molecular weight is 335 g/mol. The van der Waals surface area contributed by atoms with E-state index in [4.69, 9.17) is 0 Å². The third-order valence-corrected chi connectivity index (χ3v) is 5.92. The number of thioether (sulfide) groups is 1. The fourth-order valence-corrected chi connectivity index (χ4v) is 4.61. The van der Waals surface area contributed by atoms with E-state index in [0.717, 1.165) is 29.8 Å². The van der Waals surface area contributed by atoms with Gasteiger partial charge in [-0.2, -0.15) is 23.1 Å². The number of hydrogen-bond donors (Lipinski definition) is 0. The van der Waals surface area contributed by atoms with Crippen molar-refractivity contribution in [3.63, 3.8) is 0 Å². The van der Waals surface area contributed by atoms with Crippen molar-refractivity contribution in [3.8, 4) is 0 Å². The Labute approximate surface area is 138 Å². The van der Waals surface area contributed by atoms with Gasteiger partial charge in [-0.3, -0.25) is 4.79 Å². The summed E-state index contributed by atoms with van der Waals surface area (Å²) in [5.41, 5.74) is 1.84. The number of halogens is 1. The Morgan fingerprint density at radius 3 is 2.91 bits per heavy atom. The van der Waals surface area contributed by atoms with Crippen molar-refractivity contribution in [1.29, 1.82) is 0 Å². The van der Waals surface area contributed by atoms with Gasteiger partial charge in [-0.15, -0.1) is 0 Å². The highest BCUT2D eigenvalue weighted by Crippen LogP contribution is 2.35. The van der Waals surface area contributed by atoms with Gasteiger partial charge < -0.3 is 4.90 Å². The minimum Gasteiger partial charge on any atom is -0.342 e. The standard InChI is InChI=1S/C17H18FNOS2/c18-15-4-2-1-3-14(15)16-5-7-19(8-10-22-16)17(20)11-13-6-9-21-12-13/h1-4,6,9,12,16H,5,7-8,10-11H2/t16-/m1/s1. The van der Waals surface area contributed by atoms with Crippen LogP contribution in [-0.4, -0.2) is 29.6 Å². The highest BCUT2D eigenvalue weighted by molar-refractivity contribution is 7.99. The van der Waals surface area contributed by atoms with E-state index >= 15 is 0 Å². The molecule has 116 valence electrons. The molecule has 1 aliphatic heterocycles. The average Bonchev–Trinajstić information content (AvgIpc) is 2.90. The molecule has 1 aromatic carbocycles. The smallest absolute Gasteiger partial charge is 0.227 e. The van der Waals surface area contributed by atoms with Gasteiger partial charge >= 0.3 is 0 Å². The van der Waals surface area contributed by atoms with Gasteiger partial charge in [0.2, 0.25) is 5.91 Å². The van der Waals surface area contributed by atoms with Crippen molar-refractivity contribution < 1.29 is 9.18 Å². The third-order valence-electron chi connectivity index (χ3n) is 3.88. The van der Waals surface area contributed by atoms with Gasteiger partial charge in [0.15, 0.2) is 0 Å². The van der Waals surface area contributed by atoms with Crippen LogP contribution in [0.2, 0.25) is 0 Å². The van der Waals surface area contributed by atoms with Crippen LogP contribution in [0.1, 0.15) is 22.8 Å². The normalized spacial score (nSPS) is 19.0. The molecule has 1 amide bonds. The molecule has 1 aliphatic rings. The van der Waals surface area contributed by atoms with Crippen molar-refractivity contribution in [3.05, 3.63) is 58.0 Å². The Bertz CT molecular complexity index is 629. The molecule has 22 heavy (non-hydrogen) atoms. The molecule has 0 aliphatic carbocycles. The van der Waals surface area contributed by atoms with Crippen molar-refractivity contribution >= 4 is 29.0 Å². The molecule has 1 fully saturated rings.